The van der Waals surface area contributed by atoms with Gasteiger partial charge in [-0.25, -0.2) is 13.4 Å². The van der Waals surface area contributed by atoms with E-state index in [1.807, 2.05) is 0 Å². The SMILES string of the molecule is CCNC(=NCCOc1ccc(S(C)(=O)=O)cc1)N1CCC(N2CCCC2)C1. The summed E-state index contributed by atoms with van der Waals surface area (Å²) in [7, 11) is -3.18. The maximum Gasteiger partial charge on any atom is 0.194 e. The zero-order chi connectivity index (χ0) is 20.0. The first-order valence-corrected chi connectivity index (χ1v) is 12.1. The van der Waals surface area contributed by atoms with Crippen molar-refractivity contribution in [2.45, 2.75) is 37.1 Å². The Kier molecular flexibility index (Phi) is 7.18. The summed E-state index contributed by atoms with van der Waals surface area (Å²) in [5.41, 5.74) is 0. The van der Waals surface area contributed by atoms with Crippen LogP contribution in [0.25, 0.3) is 0 Å². The van der Waals surface area contributed by atoms with Crippen LogP contribution in [-0.2, 0) is 9.84 Å². The van der Waals surface area contributed by atoms with Gasteiger partial charge in [-0.3, -0.25) is 4.90 Å². The second kappa shape index (κ2) is 9.60. The predicted octanol–water partition coefficient (Wildman–Crippen LogP) is 1.60. The Balaban J connectivity index is 1.49. The molecule has 0 bridgehead atoms. The van der Waals surface area contributed by atoms with Gasteiger partial charge in [0.25, 0.3) is 0 Å². The van der Waals surface area contributed by atoms with Gasteiger partial charge in [0.2, 0.25) is 0 Å². The molecule has 0 aromatic heterocycles. The lowest BCUT2D eigenvalue weighted by molar-refractivity contribution is 0.249. The Morgan fingerprint density at radius 1 is 1.21 bits per heavy atom. The van der Waals surface area contributed by atoms with Crippen LogP contribution in [0.15, 0.2) is 34.2 Å². The van der Waals surface area contributed by atoms with Crippen molar-refractivity contribution < 1.29 is 13.2 Å². The van der Waals surface area contributed by atoms with E-state index >= 15 is 0 Å². The first-order chi connectivity index (χ1) is 13.5. The largest absolute Gasteiger partial charge is 0.492 e. The molecule has 0 spiro atoms. The molecule has 28 heavy (non-hydrogen) atoms. The van der Waals surface area contributed by atoms with Crippen LogP contribution in [0.5, 0.6) is 5.75 Å². The topological polar surface area (TPSA) is 74.2 Å². The lowest BCUT2D eigenvalue weighted by Crippen LogP contribution is -2.42. The molecule has 0 amide bonds. The number of likely N-dealkylation sites (tertiary alicyclic amines) is 2. The second-order valence-corrected chi connectivity index (χ2v) is 9.48. The number of nitrogens with zero attached hydrogens (tertiary/aromatic N) is 3. The van der Waals surface area contributed by atoms with Crippen molar-refractivity contribution in [2.75, 3.05) is 52.1 Å². The highest BCUT2D eigenvalue weighted by Crippen LogP contribution is 2.20. The summed E-state index contributed by atoms with van der Waals surface area (Å²) in [6.45, 7) is 8.50. The normalized spacial score (nSPS) is 21.3. The fourth-order valence-electron chi connectivity index (χ4n) is 3.86. The molecule has 3 rings (SSSR count). The Morgan fingerprint density at radius 3 is 2.57 bits per heavy atom. The molecule has 1 atom stereocenters. The zero-order valence-corrected chi connectivity index (χ0v) is 17.7. The summed E-state index contributed by atoms with van der Waals surface area (Å²) in [6, 6.07) is 7.16. The second-order valence-electron chi connectivity index (χ2n) is 7.46. The third-order valence-corrected chi connectivity index (χ3v) is 6.46. The third kappa shape index (κ3) is 5.61. The Labute approximate surface area is 168 Å². The Morgan fingerprint density at radius 2 is 1.93 bits per heavy atom. The number of hydrogen-bond donors (Lipinski definition) is 1. The number of benzene rings is 1. The van der Waals surface area contributed by atoms with Crippen LogP contribution in [0.3, 0.4) is 0 Å². The number of sulfone groups is 1. The molecule has 2 saturated heterocycles. The monoisotopic (exact) mass is 408 g/mol. The van der Waals surface area contributed by atoms with Gasteiger partial charge in [0, 0.05) is 31.9 Å². The van der Waals surface area contributed by atoms with Gasteiger partial charge in [0.1, 0.15) is 12.4 Å². The van der Waals surface area contributed by atoms with Crippen LogP contribution < -0.4 is 10.1 Å². The van der Waals surface area contributed by atoms with Gasteiger partial charge in [-0.05, 0) is 63.5 Å². The van der Waals surface area contributed by atoms with Crippen molar-refractivity contribution in [1.29, 1.82) is 0 Å². The van der Waals surface area contributed by atoms with E-state index in [4.69, 9.17) is 9.73 Å². The van der Waals surface area contributed by atoms with Crippen LogP contribution in [0, 0.1) is 0 Å². The summed E-state index contributed by atoms with van der Waals surface area (Å²) in [5, 5.41) is 3.39. The lowest BCUT2D eigenvalue weighted by Gasteiger charge is -2.25. The molecule has 2 heterocycles. The van der Waals surface area contributed by atoms with Gasteiger partial charge in [0.05, 0.1) is 11.4 Å². The summed E-state index contributed by atoms with van der Waals surface area (Å²) in [5.74, 6) is 1.61. The van der Waals surface area contributed by atoms with E-state index in [1.165, 1.54) is 38.6 Å². The minimum Gasteiger partial charge on any atom is -0.492 e. The highest BCUT2D eigenvalue weighted by Gasteiger charge is 2.30. The number of aliphatic imine (C=N–C) groups is 1. The lowest BCUT2D eigenvalue weighted by atomic mass is 10.2. The minimum atomic E-state index is -3.18. The van der Waals surface area contributed by atoms with E-state index in [1.54, 1.807) is 24.3 Å². The van der Waals surface area contributed by atoms with Gasteiger partial charge in [-0.2, -0.15) is 0 Å². The molecule has 1 unspecified atom stereocenters. The highest BCUT2D eigenvalue weighted by atomic mass is 32.2. The average molecular weight is 409 g/mol. The number of ether oxygens (including phenoxy) is 1. The fraction of sp³-hybridized carbons (Fsp3) is 0.650. The van der Waals surface area contributed by atoms with Gasteiger partial charge in [0.15, 0.2) is 15.8 Å². The Hall–Kier alpha value is -1.80. The summed E-state index contributed by atoms with van der Waals surface area (Å²) >= 11 is 0. The van der Waals surface area contributed by atoms with Crippen LogP contribution >= 0.6 is 0 Å². The average Bonchev–Trinajstić information content (AvgIpc) is 3.35. The van der Waals surface area contributed by atoms with E-state index in [9.17, 15) is 8.42 Å². The summed E-state index contributed by atoms with van der Waals surface area (Å²) in [6.07, 6.45) is 5.06. The molecular weight excluding hydrogens is 376 g/mol. The standard InChI is InChI=1S/C20H32N4O3S/c1-3-21-20(24-14-10-17(16-24)23-12-4-5-13-23)22-11-15-27-18-6-8-19(9-7-18)28(2,25)26/h6-9,17H,3-5,10-16H2,1-2H3,(H,21,22). The molecule has 2 aliphatic heterocycles. The van der Waals surface area contributed by atoms with Crippen molar-refractivity contribution >= 4 is 15.8 Å². The van der Waals surface area contributed by atoms with Crippen molar-refractivity contribution in [3.05, 3.63) is 24.3 Å². The van der Waals surface area contributed by atoms with Gasteiger partial charge < -0.3 is 15.0 Å². The number of hydrogen-bond acceptors (Lipinski definition) is 5. The molecule has 1 aromatic rings. The van der Waals surface area contributed by atoms with E-state index in [0.717, 1.165) is 25.6 Å². The molecule has 0 saturated carbocycles. The van der Waals surface area contributed by atoms with Gasteiger partial charge >= 0.3 is 0 Å². The van der Waals surface area contributed by atoms with Crippen LogP contribution in [0.1, 0.15) is 26.2 Å². The molecule has 156 valence electrons. The maximum atomic E-state index is 11.5. The Bertz CT molecular complexity index is 758. The summed E-state index contributed by atoms with van der Waals surface area (Å²) in [4.78, 5) is 9.99. The molecule has 2 aliphatic rings. The quantitative estimate of drug-likeness (QED) is 0.420. The molecule has 7 nitrogen and oxygen atoms in total. The van der Waals surface area contributed by atoms with Gasteiger partial charge in [-0.15, -0.1) is 0 Å². The van der Waals surface area contributed by atoms with Crippen molar-refractivity contribution in [1.82, 2.24) is 15.1 Å². The predicted molar refractivity (Wildman–Crippen MR) is 112 cm³/mol. The molecular formula is C20H32N4O3S. The van der Waals surface area contributed by atoms with E-state index in [2.05, 4.69) is 22.0 Å². The maximum absolute atomic E-state index is 11.5. The molecule has 0 radical (unpaired) electrons. The third-order valence-electron chi connectivity index (χ3n) is 5.33. The molecule has 1 aromatic carbocycles. The van der Waals surface area contributed by atoms with E-state index < -0.39 is 9.84 Å². The van der Waals surface area contributed by atoms with Crippen LogP contribution in [0.2, 0.25) is 0 Å². The van der Waals surface area contributed by atoms with Crippen LogP contribution in [-0.4, -0.2) is 82.4 Å². The first-order valence-electron chi connectivity index (χ1n) is 10.2. The number of nitrogens with one attached hydrogen (secondary N) is 1. The zero-order valence-electron chi connectivity index (χ0n) is 16.9. The summed E-state index contributed by atoms with van der Waals surface area (Å²) < 4.78 is 28.7. The van der Waals surface area contributed by atoms with Crippen molar-refractivity contribution in [3.8, 4) is 5.75 Å². The van der Waals surface area contributed by atoms with E-state index in [0.29, 0.717) is 29.8 Å². The fourth-order valence-corrected chi connectivity index (χ4v) is 4.49. The molecule has 8 heteroatoms. The van der Waals surface area contributed by atoms with Gasteiger partial charge in [-0.1, -0.05) is 0 Å². The smallest absolute Gasteiger partial charge is 0.194 e. The van der Waals surface area contributed by atoms with E-state index in [-0.39, 0.29) is 0 Å². The highest BCUT2D eigenvalue weighted by molar-refractivity contribution is 7.90. The molecule has 2 fully saturated rings. The molecule has 1 N–H and O–H groups in total. The van der Waals surface area contributed by atoms with Crippen LogP contribution in [0.4, 0.5) is 0 Å². The first kappa shape index (κ1) is 20.9. The van der Waals surface area contributed by atoms with Crippen molar-refractivity contribution in [3.63, 3.8) is 0 Å². The van der Waals surface area contributed by atoms with Crippen molar-refractivity contribution in [2.24, 2.45) is 4.99 Å². The number of rotatable bonds is 7. The molecule has 0 aliphatic carbocycles. The number of guanidine groups is 1. The minimum absolute atomic E-state index is 0.300.